The number of hydrogen-bond donors (Lipinski definition) is 2. The molecule has 0 radical (unpaired) electrons. The number of nitrogens with zero attached hydrogens (tertiary/aromatic N) is 2. The van der Waals surface area contributed by atoms with Crippen LogP contribution in [0.25, 0.3) is 32.8 Å². The number of imidazole rings is 1. The highest BCUT2D eigenvalue weighted by Crippen LogP contribution is 2.25. The molecule has 0 saturated heterocycles. The lowest BCUT2D eigenvalue weighted by atomic mass is 10.3. The molecule has 0 aliphatic carbocycles. The summed E-state index contributed by atoms with van der Waals surface area (Å²) in [4.78, 5) is 22.3. The summed E-state index contributed by atoms with van der Waals surface area (Å²) in [6, 6.07) is 5.45. The summed E-state index contributed by atoms with van der Waals surface area (Å²) in [5.74, 6) is 0.308. The van der Waals surface area contributed by atoms with Gasteiger partial charge in [0.05, 0.1) is 21.4 Å². The van der Waals surface area contributed by atoms with E-state index >= 15 is 0 Å². The highest BCUT2D eigenvalue weighted by molar-refractivity contribution is 7.09. The Labute approximate surface area is 103 Å². The van der Waals surface area contributed by atoms with E-state index in [4.69, 9.17) is 4.42 Å². The van der Waals surface area contributed by atoms with E-state index in [9.17, 15) is 4.79 Å². The lowest BCUT2D eigenvalue weighted by Gasteiger charge is -1.86. The van der Waals surface area contributed by atoms with Crippen molar-refractivity contribution in [2.75, 3.05) is 0 Å². The molecule has 2 N–H and O–H groups in total. The Morgan fingerprint density at radius 3 is 3.00 bits per heavy atom. The lowest BCUT2D eigenvalue weighted by molar-refractivity contribution is 0.555. The van der Waals surface area contributed by atoms with Crippen LogP contribution in [0.4, 0.5) is 0 Å². The lowest BCUT2D eigenvalue weighted by Crippen LogP contribution is -1.92. The highest BCUT2D eigenvalue weighted by atomic mass is 32.1. The van der Waals surface area contributed by atoms with E-state index in [1.165, 1.54) is 11.5 Å². The van der Waals surface area contributed by atoms with Crippen molar-refractivity contribution < 1.29 is 4.42 Å². The summed E-state index contributed by atoms with van der Waals surface area (Å²) in [6.07, 6.45) is 1.73. The van der Waals surface area contributed by atoms with E-state index < -0.39 is 5.76 Å². The fourth-order valence-corrected chi connectivity index (χ4v) is 2.45. The second-order valence-electron chi connectivity index (χ2n) is 3.84. The van der Waals surface area contributed by atoms with E-state index in [-0.39, 0.29) is 0 Å². The first-order chi connectivity index (χ1) is 8.79. The SMILES string of the molecule is O=c1[nH]c2cc3[nH]c(-c4ccns4)nc3cc2o1. The van der Waals surface area contributed by atoms with E-state index in [1.54, 1.807) is 12.3 Å². The van der Waals surface area contributed by atoms with Crippen molar-refractivity contribution >= 4 is 33.7 Å². The van der Waals surface area contributed by atoms with E-state index in [1.807, 2.05) is 12.1 Å². The zero-order valence-electron chi connectivity index (χ0n) is 8.93. The Balaban J connectivity index is 2.03. The largest absolute Gasteiger partial charge is 0.417 e. The zero-order chi connectivity index (χ0) is 12.1. The summed E-state index contributed by atoms with van der Waals surface area (Å²) in [6.45, 7) is 0. The number of aromatic nitrogens is 4. The van der Waals surface area contributed by atoms with Gasteiger partial charge in [-0.05, 0) is 23.7 Å². The van der Waals surface area contributed by atoms with Gasteiger partial charge in [0.15, 0.2) is 5.58 Å². The summed E-state index contributed by atoms with van der Waals surface area (Å²) in [5, 5.41) is 0. The second-order valence-corrected chi connectivity index (χ2v) is 4.68. The van der Waals surface area contributed by atoms with Crippen LogP contribution in [0, 0.1) is 0 Å². The number of benzene rings is 1. The Hall–Kier alpha value is -2.41. The van der Waals surface area contributed by atoms with Crippen molar-refractivity contribution in [3.63, 3.8) is 0 Å². The standard InChI is InChI=1S/C11H6N4O2S/c16-11-15-7-3-5-6(4-8(7)17-11)14-10(13-5)9-1-2-12-18-9/h1-4H,(H,13,14)(H,15,16). The molecule has 6 nitrogen and oxygen atoms in total. The summed E-state index contributed by atoms with van der Waals surface area (Å²) in [7, 11) is 0. The van der Waals surface area contributed by atoms with Crippen molar-refractivity contribution in [3.05, 3.63) is 34.9 Å². The first kappa shape index (κ1) is 9.60. The first-order valence-corrected chi connectivity index (χ1v) is 6.00. The number of aromatic amines is 2. The van der Waals surface area contributed by atoms with Crippen LogP contribution in [0.5, 0.6) is 0 Å². The van der Waals surface area contributed by atoms with Crippen LogP contribution in [0.2, 0.25) is 0 Å². The predicted octanol–water partition coefficient (Wildman–Crippen LogP) is 2.12. The molecule has 0 fully saturated rings. The van der Waals surface area contributed by atoms with Gasteiger partial charge >= 0.3 is 5.76 Å². The van der Waals surface area contributed by atoms with Gasteiger partial charge in [0.2, 0.25) is 0 Å². The predicted molar refractivity (Wildman–Crippen MR) is 67.6 cm³/mol. The van der Waals surface area contributed by atoms with Crippen LogP contribution in [0.1, 0.15) is 0 Å². The van der Waals surface area contributed by atoms with E-state index in [0.29, 0.717) is 11.1 Å². The molecule has 3 heterocycles. The van der Waals surface area contributed by atoms with Crippen molar-refractivity contribution in [3.8, 4) is 10.7 Å². The van der Waals surface area contributed by atoms with Crippen LogP contribution in [0.3, 0.4) is 0 Å². The molecule has 0 saturated carbocycles. The number of hydrogen-bond acceptors (Lipinski definition) is 5. The minimum Gasteiger partial charge on any atom is -0.408 e. The third-order valence-electron chi connectivity index (χ3n) is 2.69. The molecule has 0 aliphatic heterocycles. The number of nitrogens with one attached hydrogen (secondary N) is 2. The smallest absolute Gasteiger partial charge is 0.408 e. The van der Waals surface area contributed by atoms with E-state index in [2.05, 4.69) is 19.3 Å². The maximum atomic E-state index is 11.1. The van der Waals surface area contributed by atoms with Gasteiger partial charge in [-0.3, -0.25) is 4.98 Å². The van der Waals surface area contributed by atoms with Crippen LogP contribution in [-0.4, -0.2) is 19.3 Å². The zero-order valence-corrected chi connectivity index (χ0v) is 9.75. The molecule has 18 heavy (non-hydrogen) atoms. The monoisotopic (exact) mass is 258 g/mol. The molecule has 0 bridgehead atoms. The molecule has 7 heteroatoms. The van der Waals surface area contributed by atoms with Crippen molar-refractivity contribution in [2.45, 2.75) is 0 Å². The molecular formula is C11H6N4O2S. The molecule has 0 spiro atoms. The number of fused-ring (bicyclic) bond motifs is 2. The third kappa shape index (κ3) is 1.31. The topological polar surface area (TPSA) is 87.6 Å². The van der Waals surface area contributed by atoms with Crippen molar-refractivity contribution in [1.29, 1.82) is 0 Å². The molecule has 4 rings (SSSR count). The average molecular weight is 258 g/mol. The van der Waals surface area contributed by atoms with Crippen LogP contribution in [-0.2, 0) is 0 Å². The van der Waals surface area contributed by atoms with Crippen molar-refractivity contribution in [2.24, 2.45) is 0 Å². The average Bonchev–Trinajstić information content (AvgIpc) is 3.02. The van der Waals surface area contributed by atoms with Crippen LogP contribution < -0.4 is 5.76 Å². The second kappa shape index (κ2) is 3.30. The van der Waals surface area contributed by atoms with Gasteiger partial charge in [-0.15, -0.1) is 0 Å². The van der Waals surface area contributed by atoms with Gasteiger partial charge in [-0.2, -0.15) is 0 Å². The molecule has 0 aliphatic rings. The fraction of sp³-hybridized carbons (Fsp3) is 0. The summed E-state index contributed by atoms with van der Waals surface area (Å²) in [5.41, 5.74) is 2.78. The number of oxazole rings is 1. The molecule has 88 valence electrons. The van der Waals surface area contributed by atoms with Crippen LogP contribution >= 0.6 is 11.5 Å². The van der Waals surface area contributed by atoms with Gasteiger partial charge in [0.1, 0.15) is 5.82 Å². The normalized spacial score (nSPS) is 11.6. The molecular weight excluding hydrogens is 252 g/mol. The minimum absolute atomic E-state index is 0.458. The van der Waals surface area contributed by atoms with Crippen LogP contribution in [0.15, 0.2) is 33.6 Å². The van der Waals surface area contributed by atoms with Gasteiger partial charge < -0.3 is 9.40 Å². The Morgan fingerprint density at radius 1 is 1.22 bits per heavy atom. The summed E-state index contributed by atoms with van der Waals surface area (Å²) < 4.78 is 9.04. The Bertz CT molecular complexity index is 846. The highest BCUT2D eigenvalue weighted by Gasteiger charge is 2.09. The van der Waals surface area contributed by atoms with Gasteiger partial charge in [-0.1, -0.05) is 0 Å². The Kier molecular flexibility index (Phi) is 1.76. The first-order valence-electron chi connectivity index (χ1n) is 5.23. The maximum absolute atomic E-state index is 11.1. The molecule has 4 aromatic rings. The van der Waals surface area contributed by atoms with Gasteiger partial charge in [-0.25, -0.2) is 14.2 Å². The molecule has 0 amide bonds. The van der Waals surface area contributed by atoms with Crippen molar-refractivity contribution in [1.82, 2.24) is 19.3 Å². The van der Waals surface area contributed by atoms with E-state index in [0.717, 1.165) is 21.7 Å². The number of H-pyrrole nitrogens is 2. The maximum Gasteiger partial charge on any atom is 0.417 e. The summed E-state index contributed by atoms with van der Waals surface area (Å²) >= 11 is 1.38. The number of rotatable bonds is 1. The quantitative estimate of drug-likeness (QED) is 0.547. The fourth-order valence-electron chi connectivity index (χ4n) is 1.91. The Morgan fingerprint density at radius 2 is 2.17 bits per heavy atom. The molecule has 1 aromatic carbocycles. The van der Waals surface area contributed by atoms with Gasteiger partial charge in [0, 0.05) is 12.3 Å². The molecule has 0 atom stereocenters. The molecule has 3 aromatic heterocycles. The van der Waals surface area contributed by atoms with Gasteiger partial charge in [0.25, 0.3) is 0 Å². The minimum atomic E-state index is -0.458. The molecule has 0 unspecified atom stereocenters. The third-order valence-corrected chi connectivity index (χ3v) is 3.45.